The molecule has 6 aliphatic rings. The molecule has 5 aromatic rings. The fourth-order valence-corrected chi connectivity index (χ4v) is 13.4. The Morgan fingerprint density at radius 3 is 2.52 bits per heavy atom. The number of nitro benzene ring substituents is 1. The quantitative estimate of drug-likeness (QED) is 0.0646. The number of morpholine rings is 1. The van der Waals surface area contributed by atoms with Crippen molar-refractivity contribution in [1.29, 1.82) is 0 Å². The SMILES string of the molecule is CC(C)Oc1ccccc1[C@@H]1COCCN1C1CC2(CCN(c3ccc(S(=O)(=O)NC(=O)c4ccc(NCC5CCC(C)(O)CC5)c([N+](=O)[O-])c4)c(N4c5cc6cc[nH]c6nc5O[C@@H]5COCC[C@H]54)c3)CC2)C1. The van der Waals surface area contributed by atoms with Gasteiger partial charge in [0.2, 0.25) is 5.88 Å². The van der Waals surface area contributed by atoms with Gasteiger partial charge in [-0.2, -0.15) is 4.98 Å². The lowest BCUT2D eigenvalue weighted by Crippen LogP contribution is -2.57. The van der Waals surface area contributed by atoms with Crippen molar-refractivity contribution in [3.8, 4) is 11.6 Å². The first-order valence-electron chi connectivity index (χ1n) is 25.9. The first kappa shape index (κ1) is 49.2. The van der Waals surface area contributed by atoms with Crippen molar-refractivity contribution in [2.75, 3.05) is 67.7 Å². The average Bonchev–Trinajstić information content (AvgIpc) is 3.83. The van der Waals surface area contributed by atoms with Crippen LogP contribution in [0, 0.1) is 21.4 Å². The fraction of sp³-hybridized carbons (Fsp3) is 0.519. The molecule has 388 valence electrons. The van der Waals surface area contributed by atoms with Crippen molar-refractivity contribution in [1.82, 2.24) is 19.6 Å². The number of hydrogen-bond acceptors (Lipinski definition) is 15. The van der Waals surface area contributed by atoms with E-state index in [0.717, 1.165) is 81.0 Å². The van der Waals surface area contributed by atoms with Gasteiger partial charge in [0.1, 0.15) is 33.8 Å². The number of pyridine rings is 1. The van der Waals surface area contributed by atoms with Crippen molar-refractivity contribution >= 4 is 55.4 Å². The minimum atomic E-state index is -4.63. The van der Waals surface area contributed by atoms with E-state index in [4.69, 9.17) is 23.9 Å². The summed E-state index contributed by atoms with van der Waals surface area (Å²) in [4.78, 5) is 40.7. The van der Waals surface area contributed by atoms with Crippen LogP contribution in [0.25, 0.3) is 11.0 Å². The van der Waals surface area contributed by atoms with E-state index in [2.05, 4.69) is 56.9 Å². The van der Waals surface area contributed by atoms with E-state index in [1.165, 1.54) is 17.7 Å². The number of aromatic nitrogens is 2. The predicted octanol–water partition coefficient (Wildman–Crippen LogP) is 8.24. The normalized spacial score (nSPS) is 25.4. The second-order valence-electron chi connectivity index (χ2n) is 21.7. The smallest absolute Gasteiger partial charge is 0.293 e. The summed E-state index contributed by atoms with van der Waals surface area (Å²) in [5.74, 6) is 0.451. The number of carbonyl (C=O) groups is 1. The number of piperidine rings is 1. The third-order valence-corrected chi connectivity index (χ3v) is 17.7. The lowest BCUT2D eigenvalue weighted by atomic mass is 9.59. The van der Waals surface area contributed by atoms with E-state index in [1.54, 1.807) is 12.3 Å². The molecule has 4 aliphatic heterocycles. The summed E-state index contributed by atoms with van der Waals surface area (Å²) in [6, 6.07) is 21.6. The number of nitrogens with zero attached hydrogens (tertiary/aromatic N) is 5. The van der Waals surface area contributed by atoms with Crippen LogP contribution in [0.2, 0.25) is 0 Å². The number of hydrogen-bond donors (Lipinski definition) is 4. The van der Waals surface area contributed by atoms with Crippen LogP contribution >= 0.6 is 0 Å². The number of sulfonamides is 1. The molecule has 11 rings (SSSR count). The van der Waals surface area contributed by atoms with Crippen LogP contribution in [0.4, 0.5) is 28.4 Å². The standard InChI is InChI=1S/C54H66N8O10S/c1-34(2)71-47-7-5-4-6-40(47)46-32-70-25-23-60(46)39-29-54(30-39)18-21-59(22-19-54)38-9-11-49(44(28-38)61-42-15-24-69-33-48(42)72-52-45(61)26-36-14-20-55-50(36)57-52)73(67,68)58-51(63)37-8-10-41(43(27-37)62(65)66)56-31-35-12-16-53(3,64)17-13-35/h4-11,14,20,26-28,34-35,39,42,46,48,56,64H,12-13,15-19,21-25,29-33H2,1-3H3,(H,55,57)(H,58,63)/t35?,42-,46+,48-,53?/m1/s1. The molecule has 3 saturated heterocycles. The highest BCUT2D eigenvalue weighted by atomic mass is 32.2. The summed E-state index contributed by atoms with van der Waals surface area (Å²) in [7, 11) is -4.63. The molecule has 3 aromatic carbocycles. The number of nitro groups is 1. The number of rotatable bonds is 13. The van der Waals surface area contributed by atoms with E-state index in [0.29, 0.717) is 74.6 Å². The first-order chi connectivity index (χ1) is 35.1. The maximum atomic E-state index is 14.9. The number of amides is 1. The topological polar surface area (TPSA) is 214 Å². The third kappa shape index (κ3) is 9.93. The summed E-state index contributed by atoms with van der Waals surface area (Å²) in [6.07, 6.45) is 8.90. The summed E-state index contributed by atoms with van der Waals surface area (Å²) in [6.45, 7) is 10.9. The number of aliphatic hydroxyl groups is 1. The lowest BCUT2D eigenvalue weighted by molar-refractivity contribution is -0.384. The number of carbonyl (C=O) groups excluding carboxylic acids is 1. The van der Waals surface area contributed by atoms with Crippen LogP contribution in [-0.2, 0) is 19.5 Å². The van der Waals surface area contributed by atoms with Crippen LogP contribution in [-0.4, -0.2) is 122 Å². The van der Waals surface area contributed by atoms with Gasteiger partial charge in [-0.15, -0.1) is 0 Å². The van der Waals surface area contributed by atoms with Gasteiger partial charge < -0.3 is 44.2 Å². The number of fused-ring (bicyclic) bond motifs is 3. The van der Waals surface area contributed by atoms with Crippen molar-refractivity contribution in [2.45, 2.75) is 119 Å². The Labute approximate surface area is 425 Å². The van der Waals surface area contributed by atoms with E-state index in [9.17, 15) is 28.4 Å². The van der Waals surface area contributed by atoms with Gasteiger partial charge >= 0.3 is 0 Å². The van der Waals surface area contributed by atoms with E-state index in [1.807, 2.05) is 42.2 Å². The molecule has 0 radical (unpaired) electrons. The molecule has 5 fully saturated rings. The van der Waals surface area contributed by atoms with E-state index in [-0.39, 0.29) is 58.0 Å². The number of aromatic amines is 1. The van der Waals surface area contributed by atoms with Crippen molar-refractivity contribution in [2.24, 2.45) is 11.3 Å². The largest absolute Gasteiger partial charge is 0.491 e. The number of anilines is 4. The molecule has 3 atom stereocenters. The van der Waals surface area contributed by atoms with Gasteiger partial charge in [0, 0.05) is 73.3 Å². The number of ether oxygens (including phenoxy) is 4. The molecule has 1 spiro atoms. The second kappa shape index (κ2) is 19.7. The Balaban J connectivity index is 0.862. The van der Waals surface area contributed by atoms with Crippen LogP contribution in [0.1, 0.15) is 101 Å². The molecule has 2 aliphatic carbocycles. The summed E-state index contributed by atoms with van der Waals surface area (Å²) < 4.78 is 56.7. The van der Waals surface area contributed by atoms with Crippen LogP contribution in [0.15, 0.2) is 83.9 Å². The monoisotopic (exact) mass is 1020 g/mol. The highest BCUT2D eigenvalue weighted by Crippen LogP contribution is 2.54. The van der Waals surface area contributed by atoms with Gasteiger partial charge in [-0.3, -0.25) is 19.8 Å². The minimum Gasteiger partial charge on any atom is -0.491 e. The van der Waals surface area contributed by atoms with Crippen LogP contribution in [0.3, 0.4) is 0 Å². The molecular weight excluding hydrogens is 953 g/mol. The number of para-hydroxylation sites is 1. The molecule has 0 bridgehead atoms. The van der Waals surface area contributed by atoms with Gasteiger partial charge in [-0.1, -0.05) is 18.2 Å². The Bertz CT molecular complexity index is 2980. The zero-order chi connectivity index (χ0) is 50.6. The summed E-state index contributed by atoms with van der Waals surface area (Å²) in [5, 5.41) is 26.7. The number of H-pyrrole nitrogens is 1. The van der Waals surface area contributed by atoms with Crippen molar-refractivity contribution in [3.63, 3.8) is 0 Å². The van der Waals surface area contributed by atoms with Crippen molar-refractivity contribution in [3.05, 3.63) is 100 Å². The zero-order valence-corrected chi connectivity index (χ0v) is 42.6. The Kier molecular flexibility index (Phi) is 13.3. The van der Waals surface area contributed by atoms with Gasteiger partial charge in [0.15, 0.2) is 0 Å². The van der Waals surface area contributed by atoms with E-state index >= 15 is 0 Å². The highest BCUT2D eigenvalue weighted by molar-refractivity contribution is 7.90. The Morgan fingerprint density at radius 1 is 0.959 bits per heavy atom. The Morgan fingerprint density at radius 2 is 1.74 bits per heavy atom. The van der Waals surface area contributed by atoms with Crippen LogP contribution in [0.5, 0.6) is 11.6 Å². The molecule has 2 aromatic heterocycles. The minimum absolute atomic E-state index is 0.0635. The van der Waals surface area contributed by atoms with Gasteiger partial charge in [-0.05, 0) is 138 Å². The molecule has 0 unspecified atom stereocenters. The summed E-state index contributed by atoms with van der Waals surface area (Å²) in [5.41, 5.74) is 2.78. The molecular formula is C54H66N8O10S. The Hall–Kier alpha value is -5.99. The molecule has 19 heteroatoms. The van der Waals surface area contributed by atoms with E-state index < -0.39 is 32.6 Å². The number of nitrogens with one attached hydrogen (secondary N) is 3. The van der Waals surface area contributed by atoms with Gasteiger partial charge in [0.25, 0.3) is 21.6 Å². The first-order valence-corrected chi connectivity index (χ1v) is 27.4. The number of benzene rings is 3. The molecule has 73 heavy (non-hydrogen) atoms. The maximum Gasteiger partial charge on any atom is 0.293 e. The van der Waals surface area contributed by atoms with Crippen LogP contribution < -0.4 is 29.3 Å². The van der Waals surface area contributed by atoms with Gasteiger partial charge in [-0.25, -0.2) is 13.1 Å². The molecule has 6 heterocycles. The third-order valence-electron chi connectivity index (χ3n) is 16.3. The van der Waals surface area contributed by atoms with Crippen molar-refractivity contribution < 1.29 is 42.2 Å². The fourth-order valence-electron chi connectivity index (χ4n) is 12.3. The second-order valence-corrected chi connectivity index (χ2v) is 23.3. The summed E-state index contributed by atoms with van der Waals surface area (Å²) >= 11 is 0. The maximum absolute atomic E-state index is 14.9. The molecule has 18 nitrogen and oxygen atoms in total. The predicted molar refractivity (Wildman–Crippen MR) is 277 cm³/mol. The molecule has 1 amide bonds. The molecule has 4 N–H and O–H groups in total. The van der Waals surface area contributed by atoms with Gasteiger partial charge in [0.05, 0.1) is 54.2 Å². The highest BCUT2D eigenvalue weighted by Gasteiger charge is 2.50. The zero-order valence-electron chi connectivity index (χ0n) is 41.8. The lowest BCUT2D eigenvalue weighted by Gasteiger charge is -2.57. The average molecular weight is 1020 g/mol. The molecule has 2 saturated carbocycles.